The van der Waals surface area contributed by atoms with Crippen molar-refractivity contribution in [2.24, 2.45) is 0 Å². The van der Waals surface area contributed by atoms with Gasteiger partial charge in [-0.05, 0) is 56.0 Å². The fraction of sp³-hybridized carbons (Fsp3) is 0.458. The van der Waals surface area contributed by atoms with Gasteiger partial charge in [0.2, 0.25) is 0 Å². The number of alkyl halides is 1. The number of halogens is 1. The summed E-state index contributed by atoms with van der Waals surface area (Å²) in [5.41, 5.74) is 4.25. The van der Waals surface area contributed by atoms with Crippen LogP contribution in [0.15, 0.2) is 54.6 Å². The molecule has 2 aromatic carbocycles. The summed E-state index contributed by atoms with van der Waals surface area (Å²) >= 11 is 6.43. The van der Waals surface area contributed by atoms with Gasteiger partial charge in [0.15, 0.2) is 0 Å². The molecule has 3 heteroatoms. The quantitative estimate of drug-likeness (QED) is 0.536. The van der Waals surface area contributed by atoms with Gasteiger partial charge in [-0.25, -0.2) is 0 Å². The largest absolute Gasteiger partial charge is 0.302 e. The van der Waals surface area contributed by atoms with Crippen LogP contribution < -0.4 is 0 Å². The fourth-order valence-corrected chi connectivity index (χ4v) is 4.17. The molecule has 0 amide bonds. The Morgan fingerprint density at radius 1 is 1.04 bits per heavy atom. The second kappa shape index (κ2) is 11.8. The lowest BCUT2D eigenvalue weighted by molar-refractivity contribution is 0.322. The fourth-order valence-electron chi connectivity index (χ4n) is 3.75. The van der Waals surface area contributed by atoms with E-state index in [1.54, 1.807) is 6.07 Å². The monoisotopic (exact) mass is 382 g/mol. The minimum Gasteiger partial charge on any atom is -0.302 e. The molecule has 2 nitrogen and oxygen atoms in total. The lowest BCUT2D eigenvalue weighted by atomic mass is 9.95. The van der Waals surface area contributed by atoms with Crippen molar-refractivity contribution in [3.05, 3.63) is 71.3 Å². The number of hydrogen-bond acceptors (Lipinski definition) is 2. The van der Waals surface area contributed by atoms with Crippen LogP contribution in [0.3, 0.4) is 0 Å². The summed E-state index contributed by atoms with van der Waals surface area (Å²) in [4.78, 5) is 2.40. The molecule has 2 atom stereocenters. The molecular weight excluding hydrogens is 352 g/mol. The van der Waals surface area contributed by atoms with E-state index in [-0.39, 0.29) is 0 Å². The van der Waals surface area contributed by atoms with Crippen molar-refractivity contribution >= 4 is 11.6 Å². The van der Waals surface area contributed by atoms with Gasteiger partial charge >= 0.3 is 0 Å². The maximum absolute atomic E-state index is 7.32. The van der Waals surface area contributed by atoms with E-state index < -0.39 is 0 Å². The molecule has 3 rings (SSSR count). The highest BCUT2D eigenvalue weighted by atomic mass is 35.5. The molecule has 27 heavy (non-hydrogen) atoms. The Morgan fingerprint density at radius 2 is 1.70 bits per heavy atom. The molecule has 2 unspecified atom stereocenters. The van der Waals surface area contributed by atoms with Crippen molar-refractivity contribution in [1.29, 1.82) is 5.26 Å². The van der Waals surface area contributed by atoms with E-state index in [1.165, 1.54) is 49.3 Å². The van der Waals surface area contributed by atoms with E-state index in [1.807, 2.05) is 0 Å². The van der Waals surface area contributed by atoms with Gasteiger partial charge in [-0.15, -0.1) is 11.6 Å². The third-order valence-electron chi connectivity index (χ3n) is 5.14. The van der Waals surface area contributed by atoms with Crippen LogP contribution in [0.2, 0.25) is 0 Å². The lowest BCUT2D eigenvalue weighted by Gasteiger charge is -2.17. The van der Waals surface area contributed by atoms with Gasteiger partial charge in [0.1, 0.15) is 0 Å². The van der Waals surface area contributed by atoms with E-state index in [9.17, 15) is 0 Å². The zero-order valence-corrected chi connectivity index (χ0v) is 17.3. The smallest absolute Gasteiger partial charge is 0.0587 e. The third-order valence-corrected chi connectivity index (χ3v) is 5.66. The summed E-state index contributed by atoms with van der Waals surface area (Å²) in [5, 5.41) is 7.66. The summed E-state index contributed by atoms with van der Waals surface area (Å²) in [7, 11) is 2.21. The molecule has 0 radical (unpaired) electrons. The molecule has 1 fully saturated rings. The lowest BCUT2D eigenvalue weighted by Crippen LogP contribution is -2.19. The van der Waals surface area contributed by atoms with Gasteiger partial charge < -0.3 is 4.90 Å². The van der Waals surface area contributed by atoms with E-state index in [0.717, 1.165) is 19.5 Å². The average Bonchev–Trinajstić information content (AvgIpc) is 3.10. The number of benzene rings is 2. The zero-order chi connectivity index (χ0) is 19.5. The Bertz CT molecular complexity index is 691. The highest BCUT2D eigenvalue weighted by Gasteiger charge is 2.26. The molecule has 0 heterocycles. The van der Waals surface area contributed by atoms with Gasteiger partial charge in [-0.3, -0.25) is 0 Å². The SMILES string of the molecule is CC#N.CN(CCCc1ccc(C2CCCC2Cl)cc1)Cc1ccccc1. The highest BCUT2D eigenvalue weighted by Crippen LogP contribution is 2.38. The Hall–Kier alpha value is -1.82. The van der Waals surface area contributed by atoms with E-state index >= 15 is 0 Å². The predicted molar refractivity (Wildman–Crippen MR) is 115 cm³/mol. The summed E-state index contributed by atoms with van der Waals surface area (Å²) < 4.78 is 0. The van der Waals surface area contributed by atoms with Crippen molar-refractivity contribution in [2.45, 2.75) is 56.9 Å². The maximum Gasteiger partial charge on any atom is 0.0587 e. The van der Waals surface area contributed by atoms with Gasteiger partial charge in [0.05, 0.1) is 6.07 Å². The molecular formula is C24H31ClN2. The van der Waals surface area contributed by atoms with E-state index in [2.05, 4.69) is 66.5 Å². The van der Waals surface area contributed by atoms with Crippen LogP contribution in [0.25, 0.3) is 0 Å². The van der Waals surface area contributed by atoms with Crippen LogP contribution in [0.4, 0.5) is 0 Å². The summed E-state index contributed by atoms with van der Waals surface area (Å²) in [5.74, 6) is 0.567. The number of aryl methyl sites for hydroxylation is 1. The number of rotatable bonds is 7. The molecule has 1 aliphatic carbocycles. The Morgan fingerprint density at radius 3 is 2.30 bits per heavy atom. The third kappa shape index (κ3) is 7.37. The molecule has 0 bridgehead atoms. The average molecular weight is 383 g/mol. The highest BCUT2D eigenvalue weighted by molar-refractivity contribution is 6.21. The maximum atomic E-state index is 7.32. The molecule has 0 aliphatic heterocycles. The molecule has 0 saturated heterocycles. The van der Waals surface area contributed by atoms with Crippen molar-refractivity contribution in [3.63, 3.8) is 0 Å². The Labute approximate surface area is 169 Å². The minimum absolute atomic E-state index is 0.336. The van der Waals surface area contributed by atoms with Crippen LogP contribution in [0.5, 0.6) is 0 Å². The Balaban J connectivity index is 0.000000817. The number of nitriles is 1. The summed E-state index contributed by atoms with van der Waals surface area (Å²) in [6.07, 6.45) is 6.03. The van der Waals surface area contributed by atoms with Crippen molar-refractivity contribution in [2.75, 3.05) is 13.6 Å². The zero-order valence-electron chi connectivity index (χ0n) is 16.6. The molecule has 0 spiro atoms. The Kier molecular flexibility index (Phi) is 9.39. The normalized spacial score (nSPS) is 18.6. The molecule has 0 N–H and O–H groups in total. The molecule has 1 aliphatic rings. The molecule has 0 aromatic heterocycles. The van der Waals surface area contributed by atoms with Crippen LogP contribution >= 0.6 is 11.6 Å². The van der Waals surface area contributed by atoms with Gasteiger partial charge in [0, 0.05) is 24.8 Å². The molecule has 144 valence electrons. The van der Waals surface area contributed by atoms with Gasteiger partial charge in [-0.2, -0.15) is 5.26 Å². The summed E-state index contributed by atoms with van der Waals surface area (Å²) in [6.45, 7) is 3.58. The van der Waals surface area contributed by atoms with Crippen LogP contribution in [0, 0.1) is 11.3 Å². The van der Waals surface area contributed by atoms with E-state index in [4.69, 9.17) is 16.9 Å². The first-order chi connectivity index (χ1) is 13.1. The van der Waals surface area contributed by atoms with Crippen molar-refractivity contribution in [3.8, 4) is 6.07 Å². The first kappa shape index (κ1) is 21.5. The first-order valence-corrected chi connectivity index (χ1v) is 10.3. The number of nitrogens with zero attached hydrogens (tertiary/aromatic N) is 2. The van der Waals surface area contributed by atoms with Crippen LogP contribution in [0.1, 0.15) is 55.2 Å². The molecule has 2 aromatic rings. The second-order valence-corrected chi connectivity index (χ2v) is 7.91. The second-order valence-electron chi connectivity index (χ2n) is 7.35. The minimum atomic E-state index is 0.336. The van der Waals surface area contributed by atoms with Crippen LogP contribution in [-0.4, -0.2) is 23.9 Å². The molecule has 1 saturated carbocycles. The van der Waals surface area contributed by atoms with E-state index in [0.29, 0.717) is 11.3 Å². The number of hydrogen-bond donors (Lipinski definition) is 0. The van der Waals surface area contributed by atoms with Gasteiger partial charge in [-0.1, -0.05) is 61.0 Å². The van der Waals surface area contributed by atoms with Crippen molar-refractivity contribution in [1.82, 2.24) is 4.90 Å². The first-order valence-electron chi connectivity index (χ1n) is 9.90. The topological polar surface area (TPSA) is 27.0 Å². The summed E-state index contributed by atoms with van der Waals surface area (Å²) in [6, 6.07) is 21.6. The van der Waals surface area contributed by atoms with Crippen molar-refractivity contribution < 1.29 is 0 Å². The van der Waals surface area contributed by atoms with Crippen LogP contribution in [-0.2, 0) is 13.0 Å². The van der Waals surface area contributed by atoms with Gasteiger partial charge in [0.25, 0.3) is 0 Å². The standard InChI is InChI=1S/C22H28ClN.C2H3N/c1-24(17-19-7-3-2-4-8-19)16-6-9-18-12-14-20(15-13-18)21-10-5-11-22(21)23;1-2-3/h2-4,7-8,12-15,21-22H,5-6,9-11,16-17H2,1H3;1H3. The predicted octanol–water partition coefficient (Wildman–Crippen LogP) is 6.16.